The highest BCUT2D eigenvalue weighted by molar-refractivity contribution is 5.67. The van der Waals surface area contributed by atoms with Gasteiger partial charge in [0, 0.05) is 12.1 Å². The van der Waals surface area contributed by atoms with Crippen LogP contribution < -0.4 is 5.32 Å². The van der Waals surface area contributed by atoms with Crippen LogP contribution in [0.25, 0.3) is 0 Å². The van der Waals surface area contributed by atoms with Gasteiger partial charge in [-0.1, -0.05) is 30.3 Å². The van der Waals surface area contributed by atoms with Gasteiger partial charge in [-0.15, -0.1) is 0 Å². The van der Waals surface area contributed by atoms with Crippen molar-refractivity contribution in [3.63, 3.8) is 0 Å². The molecule has 0 radical (unpaired) electrons. The quantitative estimate of drug-likeness (QED) is 0.502. The molecule has 2 unspecified atom stereocenters. The molecule has 0 saturated heterocycles. The molecule has 3 N–H and O–H groups in total. The Labute approximate surface area is 154 Å². The maximum Gasteiger partial charge on any atom is 0.407 e. The zero-order valence-corrected chi connectivity index (χ0v) is 14.5. The van der Waals surface area contributed by atoms with Crippen molar-refractivity contribution < 1.29 is 29.1 Å². The average Bonchev–Trinajstić information content (AvgIpc) is 2.66. The highest BCUT2D eigenvalue weighted by Gasteiger charge is 2.26. The molecule has 8 nitrogen and oxygen atoms in total. The number of aliphatic hydroxyl groups is 2. The van der Waals surface area contributed by atoms with Crippen LogP contribution in [0.2, 0.25) is 0 Å². The van der Waals surface area contributed by atoms with Gasteiger partial charge in [-0.2, -0.15) is 0 Å². The van der Waals surface area contributed by atoms with Gasteiger partial charge in [0.25, 0.3) is 5.69 Å². The van der Waals surface area contributed by atoms with Crippen LogP contribution in [0.4, 0.5) is 14.9 Å². The van der Waals surface area contributed by atoms with Crippen LogP contribution in [0, 0.1) is 22.9 Å². The molecule has 0 bridgehead atoms. The number of carbonyl (C=O) groups excluding carboxylic acids is 1. The summed E-state index contributed by atoms with van der Waals surface area (Å²) in [5, 5.41) is 33.4. The van der Waals surface area contributed by atoms with Gasteiger partial charge < -0.3 is 20.3 Å². The van der Waals surface area contributed by atoms with Gasteiger partial charge in [-0.3, -0.25) is 10.1 Å². The fourth-order valence-corrected chi connectivity index (χ4v) is 2.46. The molecule has 0 aliphatic heterocycles. The van der Waals surface area contributed by atoms with Crippen LogP contribution in [0.1, 0.15) is 22.8 Å². The van der Waals surface area contributed by atoms with E-state index in [1.807, 2.05) is 6.07 Å². The zero-order valence-electron chi connectivity index (χ0n) is 14.5. The Morgan fingerprint density at radius 2 is 1.96 bits per heavy atom. The predicted molar refractivity (Wildman–Crippen MR) is 93.4 cm³/mol. The number of aliphatic hydroxyl groups excluding tert-OH is 2. The molecular weight excluding hydrogens is 359 g/mol. The summed E-state index contributed by atoms with van der Waals surface area (Å²) in [7, 11) is 0. The number of ether oxygens (including phenoxy) is 1. The third-order valence-corrected chi connectivity index (χ3v) is 3.93. The molecule has 0 fully saturated rings. The van der Waals surface area contributed by atoms with Gasteiger partial charge in [0.1, 0.15) is 24.6 Å². The molecule has 0 aliphatic rings. The van der Waals surface area contributed by atoms with E-state index >= 15 is 0 Å². The number of carbonyl (C=O) groups is 1. The first-order chi connectivity index (χ1) is 12.8. The van der Waals surface area contributed by atoms with Gasteiger partial charge in [0.15, 0.2) is 0 Å². The SMILES string of the molecule is Cc1c(C(O)C(O)CNC(=O)OCc2ccccc2)cc(F)cc1[N+](=O)[O-]. The summed E-state index contributed by atoms with van der Waals surface area (Å²) in [5.74, 6) is -0.913. The van der Waals surface area contributed by atoms with E-state index in [0.29, 0.717) is 0 Å². The molecule has 2 atom stereocenters. The summed E-state index contributed by atoms with van der Waals surface area (Å²) in [4.78, 5) is 21.8. The van der Waals surface area contributed by atoms with Crippen molar-refractivity contribution in [2.24, 2.45) is 0 Å². The number of nitro groups is 1. The Bertz CT molecular complexity index is 815. The van der Waals surface area contributed by atoms with Crippen LogP contribution in [0.5, 0.6) is 0 Å². The Morgan fingerprint density at radius 1 is 1.30 bits per heavy atom. The highest BCUT2D eigenvalue weighted by Crippen LogP contribution is 2.29. The number of hydrogen-bond donors (Lipinski definition) is 3. The number of nitrogens with zero attached hydrogens (tertiary/aromatic N) is 1. The van der Waals surface area contributed by atoms with Gasteiger partial charge >= 0.3 is 6.09 Å². The molecule has 0 saturated carbocycles. The minimum Gasteiger partial charge on any atom is -0.445 e. The van der Waals surface area contributed by atoms with E-state index in [1.54, 1.807) is 24.3 Å². The molecule has 9 heteroatoms. The van der Waals surface area contributed by atoms with Crippen molar-refractivity contribution in [2.75, 3.05) is 6.54 Å². The molecule has 2 rings (SSSR count). The van der Waals surface area contributed by atoms with Crippen molar-refractivity contribution in [1.82, 2.24) is 5.32 Å². The lowest BCUT2D eigenvalue weighted by molar-refractivity contribution is -0.385. The van der Waals surface area contributed by atoms with Crippen molar-refractivity contribution in [1.29, 1.82) is 0 Å². The minimum absolute atomic E-state index is 0.0274. The van der Waals surface area contributed by atoms with E-state index in [9.17, 15) is 29.5 Å². The van der Waals surface area contributed by atoms with Crippen LogP contribution in [0.15, 0.2) is 42.5 Å². The number of nitrogens with one attached hydrogen (secondary N) is 1. The van der Waals surface area contributed by atoms with Crippen molar-refractivity contribution in [2.45, 2.75) is 25.7 Å². The second-order valence-electron chi connectivity index (χ2n) is 5.85. The summed E-state index contributed by atoms with van der Waals surface area (Å²) in [6.45, 7) is 0.976. The maximum atomic E-state index is 13.6. The largest absolute Gasteiger partial charge is 0.445 e. The Kier molecular flexibility index (Phi) is 6.80. The Morgan fingerprint density at radius 3 is 2.59 bits per heavy atom. The number of amides is 1. The Balaban J connectivity index is 1.94. The van der Waals surface area contributed by atoms with Crippen LogP contribution in [-0.4, -0.2) is 33.9 Å². The standard InChI is InChI=1S/C18H19FN2O6/c1-11-14(7-13(19)8-15(11)21(25)26)17(23)16(22)9-20-18(24)27-10-12-5-3-2-4-6-12/h2-8,16-17,22-23H,9-10H2,1H3,(H,20,24). The molecule has 0 aliphatic carbocycles. The smallest absolute Gasteiger partial charge is 0.407 e. The number of halogens is 1. The van der Waals surface area contributed by atoms with Crippen LogP contribution in [0.3, 0.4) is 0 Å². The highest BCUT2D eigenvalue weighted by atomic mass is 19.1. The number of nitro benzene ring substituents is 1. The lowest BCUT2D eigenvalue weighted by Gasteiger charge is -2.20. The van der Waals surface area contributed by atoms with E-state index in [0.717, 1.165) is 17.7 Å². The van der Waals surface area contributed by atoms with Crippen LogP contribution in [-0.2, 0) is 11.3 Å². The third-order valence-electron chi connectivity index (χ3n) is 3.93. The first-order valence-electron chi connectivity index (χ1n) is 8.04. The molecule has 27 heavy (non-hydrogen) atoms. The van der Waals surface area contributed by atoms with Crippen molar-refractivity contribution in [3.8, 4) is 0 Å². The summed E-state index contributed by atoms with van der Waals surface area (Å²) in [6, 6.07) is 10.6. The lowest BCUT2D eigenvalue weighted by atomic mass is 9.98. The second-order valence-corrected chi connectivity index (χ2v) is 5.85. The van der Waals surface area contributed by atoms with Crippen molar-refractivity contribution in [3.05, 3.63) is 75.1 Å². The van der Waals surface area contributed by atoms with Crippen molar-refractivity contribution >= 4 is 11.8 Å². The molecule has 1 amide bonds. The summed E-state index contributed by atoms with van der Waals surface area (Å²) in [5.41, 5.74) is 0.163. The second kappa shape index (κ2) is 9.06. The predicted octanol–water partition coefficient (Wildman–Crippen LogP) is 2.36. The number of alkyl carbamates (subject to hydrolysis) is 1. The van der Waals surface area contributed by atoms with Gasteiger partial charge in [-0.05, 0) is 24.1 Å². The minimum atomic E-state index is -1.63. The molecule has 2 aromatic rings. The fraction of sp³-hybridized carbons (Fsp3) is 0.278. The topological polar surface area (TPSA) is 122 Å². The summed E-state index contributed by atoms with van der Waals surface area (Å²) in [6.07, 6.45) is -3.96. The van der Waals surface area contributed by atoms with E-state index in [1.165, 1.54) is 6.92 Å². The monoisotopic (exact) mass is 378 g/mol. The molecule has 0 aromatic heterocycles. The third kappa shape index (κ3) is 5.47. The Hall–Kier alpha value is -3.04. The molecule has 144 valence electrons. The van der Waals surface area contributed by atoms with E-state index in [2.05, 4.69) is 5.32 Å². The fourth-order valence-electron chi connectivity index (χ4n) is 2.46. The van der Waals surface area contributed by atoms with E-state index in [4.69, 9.17) is 4.74 Å². The molecule has 0 heterocycles. The zero-order chi connectivity index (χ0) is 20.0. The van der Waals surface area contributed by atoms with Gasteiger partial charge in [0.05, 0.1) is 11.0 Å². The number of benzene rings is 2. The summed E-state index contributed by atoms with van der Waals surface area (Å²) < 4.78 is 18.5. The van der Waals surface area contributed by atoms with Gasteiger partial charge in [-0.25, -0.2) is 9.18 Å². The number of hydrogen-bond acceptors (Lipinski definition) is 6. The summed E-state index contributed by atoms with van der Waals surface area (Å²) >= 11 is 0. The first kappa shape index (κ1) is 20.3. The average molecular weight is 378 g/mol. The molecule has 2 aromatic carbocycles. The van der Waals surface area contributed by atoms with E-state index < -0.39 is 41.3 Å². The maximum absolute atomic E-state index is 13.6. The number of rotatable bonds is 7. The van der Waals surface area contributed by atoms with Gasteiger partial charge in [0.2, 0.25) is 0 Å². The molecule has 0 spiro atoms. The first-order valence-corrected chi connectivity index (χ1v) is 8.04. The molecular formula is C18H19FN2O6. The normalized spacial score (nSPS) is 12.9. The lowest BCUT2D eigenvalue weighted by Crippen LogP contribution is -2.36. The van der Waals surface area contributed by atoms with E-state index in [-0.39, 0.29) is 17.7 Å². The van der Waals surface area contributed by atoms with Crippen LogP contribution >= 0.6 is 0 Å².